The predicted molar refractivity (Wildman–Crippen MR) is 67.5 cm³/mol. The van der Waals surface area contributed by atoms with Crippen molar-refractivity contribution >= 4 is 5.82 Å². The van der Waals surface area contributed by atoms with Crippen LogP contribution in [-0.4, -0.2) is 11.5 Å². The largest absolute Gasteiger partial charge is 0.370 e. The molecule has 1 N–H and O–H groups in total. The predicted octanol–water partition coefficient (Wildman–Crippen LogP) is 2.75. The van der Waals surface area contributed by atoms with Crippen molar-refractivity contribution in [1.82, 2.24) is 4.98 Å². The lowest BCUT2D eigenvalue weighted by atomic mass is 10.1. The second-order valence-corrected chi connectivity index (χ2v) is 3.79. The monoisotopic (exact) mass is 241 g/mol. The lowest BCUT2D eigenvalue weighted by Gasteiger charge is -2.06. The highest BCUT2D eigenvalue weighted by Gasteiger charge is 2.00. The molecule has 0 saturated carbocycles. The van der Waals surface area contributed by atoms with Crippen LogP contribution in [-0.2, 0) is 6.42 Å². The molecule has 1 aromatic heterocycles. The summed E-state index contributed by atoms with van der Waals surface area (Å²) >= 11 is 0. The highest BCUT2D eigenvalue weighted by atomic mass is 19.1. The van der Waals surface area contributed by atoms with Crippen LogP contribution in [0.25, 0.3) is 0 Å². The van der Waals surface area contributed by atoms with Crippen molar-refractivity contribution in [3.05, 3.63) is 59.5 Å². The second-order valence-electron chi connectivity index (χ2n) is 3.79. The molecule has 0 spiro atoms. The summed E-state index contributed by atoms with van der Waals surface area (Å²) < 4.78 is 13.3. The molecule has 1 aromatic carbocycles. The van der Waals surface area contributed by atoms with E-state index >= 15 is 0 Å². The molecule has 0 aliphatic carbocycles. The van der Waals surface area contributed by atoms with Gasteiger partial charge in [0.25, 0.3) is 0 Å². The van der Waals surface area contributed by atoms with Gasteiger partial charge in [0.15, 0.2) is 0 Å². The number of nitrogens with one attached hydrogen (secondary N) is 1. The standard InChI is InChI=1S/C14H12FN3/c15-13-6-2-1-4-11(13)8-9-17-14-7-3-5-12(10-16)18-14/h1-7H,8-9H2,(H,17,18). The van der Waals surface area contributed by atoms with E-state index in [0.29, 0.717) is 30.0 Å². The zero-order valence-corrected chi connectivity index (χ0v) is 9.73. The number of anilines is 1. The van der Waals surface area contributed by atoms with Crippen LogP contribution < -0.4 is 5.32 Å². The molecule has 90 valence electrons. The molecule has 0 saturated heterocycles. The maximum absolute atomic E-state index is 13.3. The van der Waals surface area contributed by atoms with Gasteiger partial charge in [-0.1, -0.05) is 24.3 Å². The van der Waals surface area contributed by atoms with Crippen LogP contribution in [0.4, 0.5) is 10.2 Å². The van der Waals surface area contributed by atoms with Crippen LogP contribution in [0, 0.1) is 17.1 Å². The highest BCUT2D eigenvalue weighted by Crippen LogP contribution is 2.08. The SMILES string of the molecule is N#Cc1cccc(NCCc2ccccc2F)n1. The van der Waals surface area contributed by atoms with Gasteiger partial charge >= 0.3 is 0 Å². The molecule has 2 rings (SSSR count). The van der Waals surface area contributed by atoms with E-state index in [-0.39, 0.29) is 5.82 Å². The molecule has 0 amide bonds. The van der Waals surface area contributed by atoms with Gasteiger partial charge in [-0.2, -0.15) is 5.26 Å². The van der Waals surface area contributed by atoms with Gasteiger partial charge in [-0.3, -0.25) is 0 Å². The van der Waals surface area contributed by atoms with Gasteiger partial charge in [-0.15, -0.1) is 0 Å². The van der Waals surface area contributed by atoms with Gasteiger partial charge < -0.3 is 5.32 Å². The number of benzene rings is 1. The molecule has 3 nitrogen and oxygen atoms in total. The minimum atomic E-state index is -0.196. The summed E-state index contributed by atoms with van der Waals surface area (Å²) in [5, 5.41) is 11.8. The zero-order chi connectivity index (χ0) is 12.8. The summed E-state index contributed by atoms with van der Waals surface area (Å²) in [6, 6.07) is 13.8. The summed E-state index contributed by atoms with van der Waals surface area (Å²) in [6.07, 6.45) is 0.575. The Bertz CT molecular complexity index is 575. The third-order valence-corrected chi connectivity index (χ3v) is 2.52. The van der Waals surface area contributed by atoms with Crippen LogP contribution in [0.1, 0.15) is 11.3 Å². The minimum Gasteiger partial charge on any atom is -0.370 e. The van der Waals surface area contributed by atoms with Crippen molar-refractivity contribution in [2.24, 2.45) is 0 Å². The Hall–Kier alpha value is -2.41. The molecule has 2 aromatic rings. The maximum atomic E-state index is 13.3. The van der Waals surface area contributed by atoms with E-state index in [1.165, 1.54) is 6.07 Å². The van der Waals surface area contributed by atoms with E-state index in [1.54, 1.807) is 30.3 Å². The number of rotatable bonds is 4. The molecule has 0 aliphatic rings. The fourth-order valence-corrected chi connectivity index (χ4v) is 1.62. The number of halogens is 1. The molecule has 0 aliphatic heterocycles. The molecule has 1 heterocycles. The average molecular weight is 241 g/mol. The van der Waals surface area contributed by atoms with Crippen LogP contribution >= 0.6 is 0 Å². The summed E-state index contributed by atoms with van der Waals surface area (Å²) in [4.78, 5) is 4.08. The third kappa shape index (κ3) is 3.05. The van der Waals surface area contributed by atoms with E-state index in [0.717, 1.165) is 0 Å². The highest BCUT2D eigenvalue weighted by molar-refractivity contribution is 5.38. The van der Waals surface area contributed by atoms with Gasteiger partial charge in [0, 0.05) is 6.54 Å². The van der Waals surface area contributed by atoms with Crippen LogP contribution in [0.15, 0.2) is 42.5 Å². The number of pyridine rings is 1. The molecule has 0 atom stereocenters. The minimum absolute atomic E-state index is 0.196. The maximum Gasteiger partial charge on any atom is 0.142 e. The number of nitriles is 1. The zero-order valence-electron chi connectivity index (χ0n) is 9.73. The van der Waals surface area contributed by atoms with Crippen molar-refractivity contribution in [1.29, 1.82) is 5.26 Å². The van der Waals surface area contributed by atoms with Crippen molar-refractivity contribution < 1.29 is 4.39 Å². The summed E-state index contributed by atoms with van der Waals surface area (Å²) in [5.41, 5.74) is 1.03. The van der Waals surface area contributed by atoms with E-state index in [9.17, 15) is 4.39 Å². The van der Waals surface area contributed by atoms with Crippen LogP contribution in [0.3, 0.4) is 0 Å². The van der Waals surface area contributed by atoms with Gasteiger partial charge in [0.2, 0.25) is 0 Å². The topological polar surface area (TPSA) is 48.7 Å². The lowest BCUT2D eigenvalue weighted by Crippen LogP contribution is -2.07. The van der Waals surface area contributed by atoms with Gasteiger partial charge in [-0.25, -0.2) is 9.37 Å². The van der Waals surface area contributed by atoms with Gasteiger partial charge in [0.1, 0.15) is 23.4 Å². The molecule has 0 unspecified atom stereocenters. The Labute approximate surface area is 105 Å². The summed E-state index contributed by atoms with van der Waals surface area (Å²) in [7, 11) is 0. The second kappa shape index (κ2) is 5.78. The molecule has 0 fully saturated rings. The first-order valence-electron chi connectivity index (χ1n) is 5.64. The number of hydrogen-bond acceptors (Lipinski definition) is 3. The first-order chi connectivity index (χ1) is 8.79. The molecular formula is C14H12FN3. The Morgan fingerprint density at radius 1 is 1.17 bits per heavy atom. The Balaban J connectivity index is 1.93. The molecule has 4 heteroatoms. The van der Waals surface area contributed by atoms with Crippen molar-refractivity contribution in [2.75, 3.05) is 11.9 Å². The molecule has 0 radical (unpaired) electrons. The fraction of sp³-hybridized carbons (Fsp3) is 0.143. The Morgan fingerprint density at radius 3 is 2.78 bits per heavy atom. The van der Waals surface area contributed by atoms with Crippen LogP contribution in [0.2, 0.25) is 0 Å². The number of aromatic nitrogens is 1. The fourth-order valence-electron chi connectivity index (χ4n) is 1.62. The first-order valence-corrected chi connectivity index (χ1v) is 5.64. The first kappa shape index (κ1) is 12.1. The number of hydrogen-bond donors (Lipinski definition) is 1. The molecule has 18 heavy (non-hydrogen) atoms. The third-order valence-electron chi connectivity index (χ3n) is 2.52. The smallest absolute Gasteiger partial charge is 0.142 e. The normalized spacial score (nSPS) is 9.78. The summed E-state index contributed by atoms with van der Waals surface area (Å²) in [5.74, 6) is 0.434. The van der Waals surface area contributed by atoms with Crippen molar-refractivity contribution in [3.63, 3.8) is 0 Å². The van der Waals surface area contributed by atoms with Crippen molar-refractivity contribution in [2.45, 2.75) is 6.42 Å². The quantitative estimate of drug-likeness (QED) is 0.895. The van der Waals surface area contributed by atoms with E-state index in [2.05, 4.69) is 10.3 Å². The Kier molecular flexibility index (Phi) is 3.87. The lowest BCUT2D eigenvalue weighted by molar-refractivity contribution is 0.610. The van der Waals surface area contributed by atoms with Crippen LogP contribution in [0.5, 0.6) is 0 Å². The van der Waals surface area contributed by atoms with E-state index < -0.39 is 0 Å². The van der Waals surface area contributed by atoms with Gasteiger partial charge in [0.05, 0.1) is 0 Å². The molecule has 0 bridgehead atoms. The van der Waals surface area contributed by atoms with E-state index in [1.807, 2.05) is 12.1 Å². The van der Waals surface area contributed by atoms with Gasteiger partial charge in [-0.05, 0) is 30.2 Å². The Morgan fingerprint density at radius 2 is 2.00 bits per heavy atom. The van der Waals surface area contributed by atoms with E-state index in [4.69, 9.17) is 5.26 Å². The summed E-state index contributed by atoms with van der Waals surface area (Å²) in [6.45, 7) is 0.572. The number of nitrogens with zero attached hydrogens (tertiary/aromatic N) is 2. The average Bonchev–Trinajstić information content (AvgIpc) is 2.41. The molecular weight excluding hydrogens is 229 g/mol. The van der Waals surface area contributed by atoms with Crippen molar-refractivity contribution in [3.8, 4) is 6.07 Å².